The maximum Gasteiger partial charge on any atom is 0.126 e. The van der Waals surface area contributed by atoms with Crippen molar-refractivity contribution in [3.63, 3.8) is 0 Å². The molecule has 0 amide bonds. The number of rotatable bonds is 4. The fourth-order valence-corrected chi connectivity index (χ4v) is 4.09. The predicted octanol–water partition coefficient (Wildman–Crippen LogP) is 6.15. The van der Waals surface area contributed by atoms with E-state index in [2.05, 4.69) is 53.7 Å². The summed E-state index contributed by atoms with van der Waals surface area (Å²) in [5, 5.41) is 0. The van der Waals surface area contributed by atoms with Gasteiger partial charge < -0.3 is 19.1 Å². The largest absolute Gasteiger partial charge is 0.497 e. The molecule has 0 atom stereocenters. The molecule has 0 bridgehead atoms. The molecule has 4 heteroatoms. The molecule has 2 aliphatic heterocycles. The van der Waals surface area contributed by atoms with Gasteiger partial charge in [-0.3, -0.25) is 0 Å². The summed E-state index contributed by atoms with van der Waals surface area (Å²) < 4.78 is 17.2. The molecule has 0 spiro atoms. The van der Waals surface area contributed by atoms with Crippen molar-refractivity contribution in [1.29, 1.82) is 0 Å². The van der Waals surface area contributed by atoms with E-state index in [9.17, 15) is 0 Å². The first-order chi connectivity index (χ1) is 15.3. The van der Waals surface area contributed by atoms with Crippen LogP contribution in [0.2, 0.25) is 0 Å². The maximum absolute atomic E-state index is 5.86. The van der Waals surface area contributed by atoms with Gasteiger partial charge in [0, 0.05) is 48.1 Å². The van der Waals surface area contributed by atoms with Crippen molar-refractivity contribution < 1.29 is 14.2 Å². The van der Waals surface area contributed by atoms with Gasteiger partial charge in [0.2, 0.25) is 0 Å². The number of anilines is 1. The van der Waals surface area contributed by atoms with Gasteiger partial charge in [0.25, 0.3) is 0 Å². The van der Waals surface area contributed by atoms with Crippen molar-refractivity contribution in [3.05, 3.63) is 96.3 Å². The zero-order chi connectivity index (χ0) is 21.0. The average Bonchev–Trinajstić information content (AvgIpc) is 2.84. The van der Waals surface area contributed by atoms with Crippen molar-refractivity contribution >= 4 is 16.8 Å². The Morgan fingerprint density at radius 2 is 1.32 bits per heavy atom. The Kier molecular flexibility index (Phi) is 5.36. The molecular weight excluding hydrogens is 386 g/mol. The van der Waals surface area contributed by atoms with Gasteiger partial charge in [-0.05, 0) is 35.4 Å². The first-order valence-corrected chi connectivity index (χ1v) is 10.6. The summed E-state index contributed by atoms with van der Waals surface area (Å²) >= 11 is 0. The van der Waals surface area contributed by atoms with Crippen molar-refractivity contribution in [2.45, 2.75) is 12.8 Å². The first kappa shape index (κ1) is 19.3. The van der Waals surface area contributed by atoms with E-state index in [0.29, 0.717) is 13.2 Å². The zero-order valence-corrected chi connectivity index (χ0v) is 17.6. The average molecular weight is 412 g/mol. The summed E-state index contributed by atoms with van der Waals surface area (Å²) in [6.45, 7) is 1.37. The van der Waals surface area contributed by atoms with E-state index in [1.165, 1.54) is 11.1 Å². The van der Waals surface area contributed by atoms with Crippen LogP contribution in [0.1, 0.15) is 24.0 Å². The Hall–Kier alpha value is -3.66. The van der Waals surface area contributed by atoms with Crippen LogP contribution in [-0.2, 0) is 0 Å². The van der Waals surface area contributed by atoms with Gasteiger partial charge in [-0.25, -0.2) is 0 Å². The van der Waals surface area contributed by atoms with Crippen LogP contribution in [0.5, 0.6) is 17.2 Å². The van der Waals surface area contributed by atoms with Crippen LogP contribution < -0.4 is 19.1 Å². The second-order valence-electron chi connectivity index (χ2n) is 7.61. The number of hydrogen-bond acceptors (Lipinski definition) is 4. The van der Waals surface area contributed by atoms with E-state index in [0.717, 1.165) is 46.9 Å². The summed E-state index contributed by atoms with van der Waals surface area (Å²) in [5.41, 5.74) is 5.84. The second-order valence-corrected chi connectivity index (χ2v) is 7.61. The Labute approximate surface area is 183 Å². The third-order valence-corrected chi connectivity index (χ3v) is 5.67. The summed E-state index contributed by atoms with van der Waals surface area (Å²) in [7, 11) is 1.70. The van der Waals surface area contributed by atoms with Crippen LogP contribution in [0.3, 0.4) is 0 Å². The molecule has 0 N–H and O–H groups in total. The summed E-state index contributed by atoms with van der Waals surface area (Å²) in [6, 6.07) is 24.6. The van der Waals surface area contributed by atoms with Gasteiger partial charge in [0.15, 0.2) is 0 Å². The van der Waals surface area contributed by atoms with E-state index >= 15 is 0 Å². The van der Waals surface area contributed by atoms with Crippen molar-refractivity contribution in [2.75, 3.05) is 25.2 Å². The predicted molar refractivity (Wildman–Crippen MR) is 125 cm³/mol. The topological polar surface area (TPSA) is 30.9 Å². The Balaban J connectivity index is 1.62. The molecule has 4 nitrogen and oxygen atoms in total. The minimum atomic E-state index is 0.683. The third kappa shape index (κ3) is 4.02. The standard InChI is InChI=1S/C27H25NO3/c1-29-23-8-6-7-22(17-23)28(18-20-13-15-30-26-11-4-2-9-24(20)26)19-21-14-16-31-27-12-5-3-10-25(21)27/h2-12,17-19H,13-16H2,1H3/b20-18+,21-19+. The molecule has 5 rings (SSSR count). The Morgan fingerprint density at radius 3 is 1.90 bits per heavy atom. The molecule has 0 saturated carbocycles. The quantitative estimate of drug-likeness (QED) is 0.515. The van der Waals surface area contributed by atoms with E-state index in [1.807, 2.05) is 36.4 Å². The SMILES string of the molecule is COc1cccc(N(/C=C2\CCOc3ccccc32)/C=C2\CCOc3ccccc32)c1. The first-order valence-electron chi connectivity index (χ1n) is 10.6. The highest BCUT2D eigenvalue weighted by Gasteiger charge is 2.19. The monoisotopic (exact) mass is 411 g/mol. The molecule has 0 unspecified atom stereocenters. The Morgan fingerprint density at radius 1 is 0.742 bits per heavy atom. The van der Waals surface area contributed by atoms with Crippen LogP contribution in [0.25, 0.3) is 11.1 Å². The van der Waals surface area contributed by atoms with Gasteiger partial charge in [0.1, 0.15) is 17.2 Å². The molecule has 156 valence electrons. The highest BCUT2D eigenvalue weighted by molar-refractivity contribution is 5.79. The molecule has 31 heavy (non-hydrogen) atoms. The molecule has 3 aromatic carbocycles. The van der Waals surface area contributed by atoms with E-state index in [4.69, 9.17) is 14.2 Å². The zero-order valence-electron chi connectivity index (χ0n) is 17.6. The molecule has 0 radical (unpaired) electrons. The molecule has 0 aromatic heterocycles. The number of benzene rings is 3. The van der Waals surface area contributed by atoms with Crippen LogP contribution in [0, 0.1) is 0 Å². The fourth-order valence-electron chi connectivity index (χ4n) is 4.09. The van der Waals surface area contributed by atoms with E-state index in [1.54, 1.807) is 7.11 Å². The van der Waals surface area contributed by atoms with Gasteiger partial charge in [0.05, 0.1) is 20.3 Å². The van der Waals surface area contributed by atoms with Crippen molar-refractivity contribution in [2.24, 2.45) is 0 Å². The van der Waals surface area contributed by atoms with Gasteiger partial charge in [-0.2, -0.15) is 0 Å². The summed E-state index contributed by atoms with van der Waals surface area (Å²) in [5.74, 6) is 2.71. The van der Waals surface area contributed by atoms with E-state index < -0.39 is 0 Å². The maximum atomic E-state index is 5.86. The normalized spacial score (nSPS) is 17.3. The van der Waals surface area contributed by atoms with Gasteiger partial charge in [-0.1, -0.05) is 42.5 Å². The molecule has 0 saturated heterocycles. The third-order valence-electron chi connectivity index (χ3n) is 5.67. The summed E-state index contributed by atoms with van der Waals surface area (Å²) in [4.78, 5) is 2.21. The number of fused-ring (bicyclic) bond motifs is 2. The van der Waals surface area contributed by atoms with Crippen molar-refractivity contribution in [1.82, 2.24) is 0 Å². The smallest absolute Gasteiger partial charge is 0.126 e. The summed E-state index contributed by atoms with van der Waals surface area (Å²) in [6.07, 6.45) is 6.17. The highest BCUT2D eigenvalue weighted by Crippen LogP contribution is 2.36. The van der Waals surface area contributed by atoms with Gasteiger partial charge in [-0.15, -0.1) is 0 Å². The number of hydrogen-bond donors (Lipinski definition) is 0. The molecule has 2 heterocycles. The van der Waals surface area contributed by atoms with Crippen LogP contribution in [-0.4, -0.2) is 20.3 Å². The lowest BCUT2D eigenvalue weighted by molar-refractivity contribution is 0.316. The number of nitrogens with zero attached hydrogens (tertiary/aromatic N) is 1. The Bertz CT molecular complexity index is 1080. The lowest BCUT2D eigenvalue weighted by Crippen LogP contribution is -2.15. The molecule has 0 aliphatic carbocycles. The fraction of sp³-hybridized carbons (Fsp3) is 0.185. The van der Waals surface area contributed by atoms with Crippen LogP contribution in [0.4, 0.5) is 5.69 Å². The lowest BCUT2D eigenvalue weighted by atomic mass is 9.99. The minimum Gasteiger partial charge on any atom is -0.497 e. The highest BCUT2D eigenvalue weighted by atomic mass is 16.5. The lowest BCUT2D eigenvalue weighted by Gasteiger charge is -2.26. The van der Waals surface area contributed by atoms with Crippen molar-refractivity contribution in [3.8, 4) is 17.2 Å². The molecule has 0 fully saturated rings. The number of para-hydroxylation sites is 2. The van der Waals surface area contributed by atoms with Crippen LogP contribution >= 0.6 is 0 Å². The number of ether oxygens (including phenoxy) is 3. The van der Waals surface area contributed by atoms with Crippen LogP contribution in [0.15, 0.2) is 85.2 Å². The second kappa shape index (κ2) is 8.60. The number of methoxy groups -OCH3 is 1. The van der Waals surface area contributed by atoms with E-state index in [-0.39, 0.29) is 0 Å². The van der Waals surface area contributed by atoms with Gasteiger partial charge >= 0.3 is 0 Å². The molecular formula is C27H25NO3. The molecule has 2 aliphatic rings. The minimum absolute atomic E-state index is 0.683. The molecule has 3 aromatic rings.